The van der Waals surface area contributed by atoms with Gasteiger partial charge in [0.2, 0.25) is 15.8 Å². The molecule has 0 saturated heterocycles. The number of nitrogens with one attached hydrogen (secondary N) is 1. The van der Waals surface area contributed by atoms with Gasteiger partial charge in [-0.25, -0.2) is 12.7 Å². The van der Waals surface area contributed by atoms with Crippen LogP contribution in [0.25, 0.3) is 0 Å². The molecule has 0 aromatic heterocycles. The molecule has 0 atom stereocenters. The lowest BCUT2D eigenvalue weighted by atomic mass is 10.1. The molecule has 2 aromatic rings. The van der Waals surface area contributed by atoms with Crippen molar-refractivity contribution in [3.63, 3.8) is 0 Å². The van der Waals surface area contributed by atoms with Gasteiger partial charge < -0.3 is 19.5 Å². The summed E-state index contributed by atoms with van der Waals surface area (Å²) in [5.41, 5.74) is 1.14. The van der Waals surface area contributed by atoms with Gasteiger partial charge in [0.1, 0.15) is 0 Å². The van der Waals surface area contributed by atoms with E-state index in [-0.39, 0.29) is 22.0 Å². The maximum Gasteiger partial charge on any atom is 0.259 e. The van der Waals surface area contributed by atoms with E-state index >= 15 is 0 Å². The fraction of sp³-hybridized carbons (Fsp3) is 0.316. The van der Waals surface area contributed by atoms with Crippen LogP contribution >= 0.6 is 0 Å². The van der Waals surface area contributed by atoms with Crippen molar-refractivity contribution >= 4 is 21.6 Å². The lowest BCUT2D eigenvalue weighted by molar-refractivity contribution is 0.102. The lowest BCUT2D eigenvalue weighted by Gasteiger charge is -2.17. The SMILES string of the molecule is COc1ccc(C(=O)Nc2ccc(C)c(S(=O)(=O)N(C)C)c2)c(OC)c1OC. The second-order valence-electron chi connectivity index (χ2n) is 6.10. The highest BCUT2D eigenvalue weighted by Crippen LogP contribution is 2.40. The van der Waals surface area contributed by atoms with Crippen LogP contribution in [0.1, 0.15) is 15.9 Å². The van der Waals surface area contributed by atoms with E-state index in [1.54, 1.807) is 31.2 Å². The van der Waals surface area contributed by atoms with Gasteiger partial charge in [0, 0.05) is 19.8 Å². The summed E-state index contributed by atoms with van der Waals surface area (Å²) >= 11 is 0. The Morgan fingerprint density at radius 1 is 0.964 bits per heavy atom. The number of methoxy groups -OCH3 is 3. The summed E-state index contributed by atoms with van der Waals surface area (Å²) in [5.74, 6) is 0.450. The summed E-state index contributed by atoms with van der Waals surface area (Å²) in [7, 11) is 3.61. The lowest BCUT2D eigenvalue weighted by Crippen LogP contribution is -2.23. The summed E-state index contributed by atoms with van der Waals surface area (Å²) in [6.07, 6.45) is 0. The molecule has 8 nitrogen and oxygen atoms in total. The molecule has 9 heteroatoms. The summed E-state index contributed by atoms with van der Waals surface area (Å²) in [6, 6.07) is 7.83. The summed E-state index contributed by atoms with van der Waals surface area (Å²) in [5, 5.41) is 2.70. The smallest absolute Gasteiger partial charge is 0.259 e. The van der Waals surface area contributed by atoms with E-state index < -0.39 is 15.9 Å². The summed E-state index contributed by atoms with van der Waals surface area (Å²) < 4.78 is 41.9. The van der Waals surface area contributed by atoms with Crippen LogP contribution in [-0.2, 0) is 10.0 Å². The van der Waals surface area contributed by atoms with Crippen molar-refractivity contribution in [2.24, 2.45) is 0 Å². The maximum absolute atomic E-state index is 12.8. The molecule has 28 heavy (non-hydrogen) atoms. The molecule has 1 N–H and O–H groups in total. The van der Waals surface area contributed by atoms with Crippen molar-refractivity contribution in [1.29, 1.82) is 0 Å². The molecule has 0 saturated carbocycles. The Hall–Kier alpha value is -2.78. The van der Waals surface area contributed by atoms with Gasteiger partial charge in [-0.15, -0.1) is 0 Å². The van der Waals surface area contributed by atoms with Crippen molar-refractivity contribution < 1.29 is 27.4 Å². The molecule has 0 aliphatic rings. The van der Waals surface area contributed by atoms with E-state index in [0.717, 1.165) is 4.31 Å². The summed E-state index contributed by atoms with van der Waals surface area (Å²) in [4.78, 5) is 12.9. The molecule has 0 aliphatic heterocycles. The van der Waals surface area contributed by atoms with Gasteiger partial charge in [0.25, 0.3) is 5.91 Å². The van der Waals surface area contributed by atoms with Crippen LogP contribution in [0, 0.1) is 6.92 Å². The van der Waals surface area contributed by atoms with E-state index in [0.29, 0.717) is 17.0 Å². The zero-order chi connectivity index (χ0) is 21.1. The van der Waals surface area contributed by atoms with Crippen molar-refractivity contribution in [3.05, 3.63) is 41.5 Å². The number of carbonyl (C=O) groups is 1. The maximum atomic E-state index is 12.8. The molecule has 2 rings (SSSR count). The first-order chi connectivity index (χ1) is 13.2. The van der Waals surface area contributed by atoms with Crippen LogP contribution < -0.4 is 19.5 Å². The number of aryl methyl sites for hydroxylation is 1. The van der Waals surface area contributed by atoms with E-state index in [4.69, 9.17) is 14.2 Å². The predicted octanol–water partition coefficient (Wildman–Crippen LogP) is 2.52. The first kappa shape index (κ1) is 21.5. The largest absolute Gasteiger partial charge is 0.493 e. The molecule has 0 unspecified atom stereocenters. The molecular formula is C19H24N2O6S. The Balaban J connectivity index is 2.44. The van der Waals surface area contributed by atoms with Gasteiger partial charge in [-0.2, -0.15) is 0 Å². The molecule has 1 amide bonds. The molecule has 0 heterocycles. The van der Waals surface area contributed by atoms with E-state index in [1.807, 2.05) is 0 Å². The number of carbonyl (C=O) groups excluding carboxylic acids is 1. The minimum Gasteiger partial charge on any atom is -0.493 e. The van der Waals surface area contributed by atoms with Crippen molar-refractivity contribution in [1.82, 2.24) is 4.31 Å². The van der Waals surface area contributed by atoms with Crippen LogP contribution in [0.2, 0.25) is 0 Å². The molecule has 0 radical (unpaired) electrons. The Morgan fingerprint density at radius 3 is 2.14 bits per heavy atom. The van der Waals surface area contributed by atoms with E-state index in [9.17, 15) is 13.2 Å². The molecule has 152 valence electrons. The Labute approximate surface area is 165 Å². The number of benzene rings is 2. The average molecular weight is 408 g/mol. The van der Waals surface area contributed by atoms with Gasteiger partial charge in [-0.1, -0.05) is 6.07 Å². The third kappa shape index (κ3) is 4.05. The normalized spacial score (nSPS) is 11.2. The highest BCUT2D eigenvalue weighted by molar-refractivity contribution is 7.89. The standard InChI is InChI=1S/C19H24N2O6S/c1-12-7-8-13(11-16(12)28(23,24)21(2)3)20-19(22)14-9-10-15(25-4)18(27-6)17(14)26-5/h7-11H,1-6H3,(H,20,22). The van der Waals surface area contributed by atoms with Crippen molar-refractivity contribution in [2.45, 2.75) is 11.8 Å². The quantitative estimate of drug-likeness (QED) is 0.757. The average Bonchev–Trinajstić information content (AvgIpc) is 2.67. The molecule has 0 aliphatic carbocycles. The number of hydrogen-bond acceptors (Lipinski definition) is 6. The van der Waals surface area contributed by atoms with Crippen LogP contribution in [0.15, 0.2) is 35.2 Å². The first-order valence-electron chi connectivity index (χ1n) is 8.30. The number of ether oxygens (including phenoxy) is 3. The van der Waals surface area contributed by atoms with Crippen molar-refractivity contribution in [2.75, 3.05) is 40.7 Å². The van der Waals surface area contributed by atoms with Gasteiger partial charge in [-0.3, -0.25) is 4.79 Å². The van der Waals surface area contributed by atoms with E-state index in [1.165, 1.54) is 41.5 Å². The van der Waals surface area contributed by atoms with E-state index in [2.05, 4.69) is 5.32 Å². The second-order valence-corrected chi connectivity index (χ2v) is 8.22. The Bertz CT molecular complexity index is 986. The van der Waals surface area contributed by atoms with Gasteiger partial charge in [0.05, 0.1) is 31.8 Å². The van der Waals surface area contributed by atoms with Gasteiger partial charge in [-0.05, 0) is 36.8 Å². The van der Waals surface area contributed by atoms with Crippen LogP contribution in [0.5, 0.6) is 17.2 Å². The van der Waals surface area contributed by atoms with Gasteiger partial charge >= 0.3 is 0 Å². The molecule has 2 aromatic carbocycles. The number of amides is 1. The Morgan fingerprint density at radius 2 is 1.61 bits per heavy atom. The van der Waals surface area contributed by atoms with Crippen molar-refractivity contribution in [3.8, 4) is 17.2 Å². The molecule has 0 bridgehead atoms. The third-order valence-corrected chi connectivity index (χ3v) is 6.11. The minimum absolute atomic E-state index is 0.120. The number of sulfonamides is 1. The zero-order valence-corrected chi connectivity index (χ0v) is 17.5. The van der Waals surface area contributed by atoms with Crippen LogP contribution in [0.3, 0.4) is 0 Å². The fourth-order valence-corrected chi connectivity index (χ4v) is 3.78. The molecule has 0 fully saturated rings. The number of anilines is 1. The highest BCUT2D eigenvalue weighted by atomic mass is 32.2. The highest BCUT2D eigenvalue weighted by Gasteiger charge is 2.23. The predicted molar refractivity (Wildman–Crippen MR) is 106 cm³/mol. The third-order valence-electron chi connectivity index (χ3n) is 4.15. The fourth-order valence-electron chi connectivity index (χ4n) is 2.63. The van der Waals surface area contributed by atoms with Gasteiger partial charge in [0.15, 0.2) is 11.5 Å². The Kier molecular flexibility index (Phi) is 6.52. The molecular weight excluding hydrogens is 384 g/mol. The topological polar surface area (TPSA) is 94.2 Å². The van der Waals surface area contributed by atoms with Crippen LogP contribution in [-0.4, -0.2) is 54.1 Å². The molecule has 0 spiro atoms. The summed E-state index contributed by atoms with van der Waals surface area (Å²) in [6.45, 7) is 1.69. The minimum atomic E-state index is -3.64. The number of nitrogens with zero attached hydrogens (tertiary/aromatic N) is 1. The zero-order valence-electron chi connectivity index (χ0n) is 16.7. The second kappa shape index (κ2) is 8.49. The first-order valence-corrected chi connectivity index (χ1v) is 9.74. The number of rotatable bonds is 7. The monoisotopic (exact) mass is 408 g/mol. The number of hydrogen-bond donors (Lipinski definition) is 1. The van der Waals surface area contributed by atoms with Crippen LogP contribution in [0.4, 0.5) is 5.69 Å².